The van der Waals surface area contributed by atoms with Crippen molar-refractivity contribution in [2.45, 2.75) is 50.6 Å². The molecular formula is C20H28N4O12. The molecule has 1 aliphatic heterocycles. The fraction of sp³-hybridized carbons (Fsp3) is 0.600. The monoisotopic (exact) mass is 516 g/mol. The van der Waals surface area contributed by atoms with Crippen LogP contribution in [-0.4, -0.2) is 96.1 Å². The normalized spacial score (nSPS) is 22.9. The number of amides is 4. The van der Waals surface area contributed by atoms with E-state index in [1.54, 1.807) is 0 Å². The van der Waals surface area contributed by atoms with Gasteiger partial charge in [-0.25, -0.2) is 19.2 Å². The van der Waals surface area contributed by atoms with E-state index < -0.39 is 72.8 Å². The minimum atomic E-state index is -1.45. The molecule has 1 heterocycles. The van der Waals surface area contributed by atoms with E-state index in [1.807, 2.05) is 10.6 Å². The Labute approximate surface area is 204 Å². The second-order valence-corrected chi connectivity index (χ2v) is 7.57. The fourth-order valence-electron chi connectivity index (χ4n) is 2.85. The van der Waals surface area contributed by atoms with Crippen LogP contribution in [0.25, 0.3) is 0 Å². The molecule has 4 amide bonds. The Bertz CT molecular complexity index is 805. The lowest BCUT2D eigenvalue weighted by atomic mass is 10.1. The minimum absolute atomic E-state index is 0.0428. The van der Waals surface area contributed by atoms with Crippen LogP contribution < -0.4 is 21.3 Å². The zero-order valence-corrected chi connectivity index (χ0v) is 19.2. The van der Waals surface area contributed by atoms with Crippen LogP contribution in [0.4, 0.5) is 0 Å². The van der Waals surface area contributed by atoms with Crippen LogP contribution in [0.5, 0.6) is 0 Å². The number of carbonyl (C=O) groups excluding carboxylic acids is 6. The largest absolute Gasteiger partial charge is 0.480 e. The number of nitrogens with one attached hydrogen (secondary N) is 4. The van der Waals surface area contributed by atoms with Crippen LogP contribution in [0.2, 0.25) is 0 Å². The first-order valence-corrected chi connectivity index (χ1v) is 11.0. The second kappa shape index (κ2) is 15.6. The molecular weight excluding hydrogens is 488 g/mol. The molecule has 0 aromatic heterocycles. The van der Waals surface area contributed by atoms with E-state index in [0.29, 0.717) is 0 Å². The Hall–Kier alpha value is -4.24. The third kappa shape index (κ3) is 11.8. The van der Waals surface area contributed by atoms with E-state index in [9.17, 15) is 48.6 Å². The lowest BCUT2D eigenvalue weighted by molar-refractivity contribution is -0.158. The fourth-order valence-corrected chi connectivity index (χ4v) is 2.85. The molecule has 1 aliphatic rings. The summed E-state index contributed by atoms with van der Waals surface area (Å²) in [5.74, 6) is -9.92. The number of cyclic esters (lactones) is 2. The molecule has 0 radical (unpaired) electrons. The van der Waals surface area contributed by atoms with Crippen LogP contribution >= 0.6 is 0 Å². The van der Waals surface area contributed by atoms with Crippen LogP contribution in [-0.2, 0) is 47.8 Å². The molecule has 0 aliphatic carbocycles. The van der Waals surface area contributed by atoms with Gasteiger partial charge in [0.05, 0.1) is 0 Å². The van der Waals surface area contributed by atoms with E-state index in [2.05, 4.69) is 20.1 Å². The number of aliphatic carboxylic acids is 2. The number of hydrogen-bond donors (Lipinski definition) is 6. The van der Waals surface area contributed by atoms with Crippen molar-refractivity contribution >= 4 is 47.5 Å². The van der Waals surface area contributed by atoms with Gasteiger partial charge in [-0.2, -0.15) is 0 Å². The maximum Gasteiger partial charge on any atom is 0.397 e. The quantitative estimate of drug-likeness (QED) is 0.157. The molecule has 6 N–H and O–H groups in total. The Morgan fingerprint density at radius 2 is 1.00 bits per heavy atom. The minimum Gasteiger partial charge on any atom is -0.480 e. The third-order valence-electron chi connectivity index (χ3n) is 4.73. The summed E-state index contributed by atoms with van der Waals surface area (Å²) in [6, 6.07) is -2.84. The topological polar surface area (TPSA) is 244 Å². The van der Waals surface area contributed by atoms with Gasteiger partial charge in [-0.3, -0.25) is 19.2 Å². The average Bonchev–Trinajstić information content (AvgIpc) is 2.82. The molecule has 1 rings (SSSR count). The van der Waals surface area contributed by atoms with Crippen molar-refractivity contribution in [3.8, 4) is 0 Å². The maximum atomic E-state index is 11.9. The number of carbonyl (C=O) groups is 8. The summed E-state index contributed by atoms with van der Waals surface area (Å²) in [6.45, 7) is -1.53. The van der Waals surface area contributed by atoms with Crippen LogP contribution in [0.1, 0.15) is 38.5 Å². The third-order valence-corrected chi connectivity index (χ3v) is 4.73. The van der Waals surface area contributed by atoms with Crippen LogP contribution in [0, 0.1) is 0 Å². The zero-order valence-electron chi connectivity index (χ0n) is 19.2. The molecule has 2 atom stereocenters. The number of hydrogen-bond acceptors (Lipinski definition) is 10. The highest BCUT2D eigenvalue weighted by Crippen LogP contribution is 2.03. The zero-order chi connectivity index (χ0) is 27.1. The van der Waals surface area contributed by atoms with Gasteiger partial charge in [0.25, 0.3) is 11.8 Å². The van der Waals surface area contributed by atoms with Gasteiger partial charge in [0, 0.05) is 13.1 Å². The first-order chi connectivity index (χ1) is 17.0. The standard InChI is InChI=1S/C20H28N4O12/c25-13-9-35-20(34)16(28)24-12(18(31)32)6-2-4-8-22-14(26)10-36-19(33)15(27)23-11(17(29)30)5-1-3-7-21-13/h11-12H,1-10H2,(H,21,25)(H,22,26)(H,23,27)(H,24,28)(H,29,30)(H,31,32)/t11-,12-/m0/s1. The highest BCUT2D eigenvalue weighted by molar-refractivity contribution is 6.33. The molecule has 0 unspecified atom stereocenters. The molecule has 0 bridgehead atoms. The van der Waals surface area contributed by atoms with Crippen molar-refractivity contribution in [3.63, 3.8) is 0 Å². The van der Waals surface area contributed by atoms with Gasteiger partial charge in [0.15, 0.2) is 13.2 Å². The molecule has 1 saturated heterocycles. The summed E-state index contributed by atoms with van der Waals surface area (Å²) >= 11 is 0. The lowest BCUT2D eigenvalue weighted by Crippen LogP contribution is -2.45. The SMILES string of the molecule is O=C1COC(=O)C(=O)N[C@H](C(=O)O)CCCCNC(=O)COC(=O)C(=O)N[C@H](C(=O)O)CCCCN1. The van der Waals surface area contributed by atoms with Crippen molar-refractivity contribution in [3.05, 3.63) is 0 Å². The van der Waals surface area contributed by atoms with Crippen molar-refractivity contribution in [2.75, 3.05) is 26.3 Å². The summed E-state index contributed by atoms with van der Waals surface area (Å²) in [4.78, 5) is 93.3. The summed E-state index contributed by atoms with van der Waals surface area (Å²) < 4.78 is 9.09. The Kier molecular flexibility index (Phi) is 12.9. The lowest BCUT2D eigenvalue weighted by Gasteiger charge is -2.15. The second-order valence-electron chi connectivity index (χ2n) is 7.57. The van der Waals surface area contributed by atoms with Crippen molar-refractivity contribution in [1.29, 1.82) is 0 Å². The molecule has 16 nitrogen and oxygen atoms in total. The Morgan fingerprint density at radius 1 is 0.639 bits per heavy atom. The Morgan fingerprint density at radius 3 is 1.33 bits per heavy atom. The van der Waals surface area contributed by atoms with E-state index in [4.69, 9.17) is 0 Å². The first-order valence-electron chi connectivity index (χ1n) is 11.0. The number of esters is 2. The van der Waals surface area contributed by atoms with E-state index in [0.717, 1.165) is 0 Å². The molecule has 0 aromatic carbocycles. The molecule has 0 aromatic rings. The first kappa shape index (κ1) is 29.8. The van der Waals surface area contributed by atoms with Gasteiger partial charge in [-0.1, -0.05) is 0 Å². The molecule has 0 spiro atoms. The Balaban J connectivity index is 2.77. The number of ether oxygens (including phenoxy) is 2. The van der Waals surface area contributed by atoms with Gasteiger partial charge >= 0.3 is 35.7 Å². The molecule has 200 valence electrons. The predicted octanol–water partition coefficient (Wildman–Crippen LogP) is -3.20. The van der Waals surface area contributed by atoms with E-state index in [-0.39, 0.29) is 51.6 Å². The van der Waals surface area contributed by atoms with Gasteiger partial charge in [-0.05, 0) is 38.5 Å². The van der Waals surface area contributed by atoms with Gasteiger partial charge in [-0.15, -0.1) is 0 Å². The molecule has 1 fully saturated rings. The number of rotatable bonds is 2. The van der Waals surface area contributed by atoms with E-state index >= 15 is 0 Å². The molecule has 36 heavy (non-hydrogen) atoms. The van der Waals surface area contributed by atoms with Gasteiger partial charge in [0.1, 0.15) is 12.1 Å². The smallest absolute Gasteiger partial charge is 0.397 e. The molecule has 16 heteroatoms. The summed E-state index contributed by atoms with van der Waals surface area (Å²) in [7, 11) is 0. The van der Waals surface area contributed by atoms with Crippen molar-refractivity contribution in [1.82, 2.24) is 21.3 Å². The average molecular weight is 516 g/mol. The van der Waals surface area contributed by atoms with Crippen molar-refractivity contribution in [2.24, 2.45) is 0 Å². The maximum absolute atomic E-state index is 11.9. The molecule has 0 saturated carbocycles. The highest BCUT2D eigenvalue weighted by atomic mass is 16.5. The predicted molar refractivity (Wildman–Crippen MR) is 115 cm³/mol. The summed E-state index contributed by atoms with van der Waals surface area (Å²) in [6.07, 6.45) is 0.728. The number of carboxylic acid groups (broad SMARTS) is 2. The van der Waals surface area contributed by atoms with Crippen LogP contribution in [0.3, 0.4) is 0 Å². The summed E-state index contributed by atoms with van der Waals surface area (Å²) in [5.41, 5.74) is 0. The van der Waals surface area contributed by atoms with Gasteiger partial charge in [0.2, 0.25) is 0 Å². The summed E-state index contributed by atoms with van der Waals surface area (Å²) in [5, 5.41) is 27.1. The van der Waals surface area contributed by atoms with Crippen LogP contribution in [0.15, 0.2) is 0 Å². The van der Waals surface area contributed by atoms with Crippen molar-refractivity contribution < 1.29 is 58.0 Å². The number of carboxylic acids is 2. The van der Waals surface area contributed by atoms with E-state index in [1.165, 1.54) is 0 Å². The van der Waals surface area contributed by atoms with Gasteiger partial charge < -0.3 is 41.0 Å². The highest BCUT2D eigenvalue weighted by Gasteiger charge is 2.26.